The van der Waals surface area contributed by atoms with Gasteiger partial charge in [0.05, 0.1) is 0 Å². The summed E-state index contributed by atoms with van der Waals surface area (Å²) in [5.41, 5.74) is 0.550. The van der Waals surface area contributed by atoms with Crippen LogP contribution >= 0.6 is 0 Å². The molecule has 0 radical (unpaired) electrons. The highest BCUT2D eigenvalue weighted by Crippen LogP contribution is 2.40. The molecule has 106 valence electrons. The van der Waals surface area contributed by atoms with Crippen molar-refractivity contribution in [2.45, 2.75) is 71.4 Å². The van der Waals surface area contributed by atoms with Gasteiger partial charge in [0.25, 0.3) is 0 Å². The van der Waals surface area contributed by atoms with E-state index in [0.717, 1.165) is 24.5 Å². The van der Waals surface area contributed by atoms with Gasteiger partial charge in [0.1, 0.15) is 0 Å². The minimum absolute atomic E-state index is 0.550. The lowest BCUT2D eigenvalue weighted by molar-refractivity contribution is 0.238. The van der Waals surface area contributed by atoms with Gasteiger partial charge in [0, 0.05) is 25.2 Å². The van der Waals surface area contributed by atoms with Gasteiger partial charge in [-0.05, 0) is 44.1 Å². The second-order valence-corrected chi connectivity index (χ2v) is 7.53. The van der Waals surface area contributed by atoms with Gasteiger partial charge in [0.15, 0.2) is 0 Å². The first-order chi connectivity index (χ1) is 8.48. The summed E-state index contributed by atoms with van der Waals surface area (Å²) in [5, 5.41) is 3.80. The average molecular weight is 252 g/mol. The molecule has 2 saturated carbocycles. The van der Waals surface area contributed by atoms with Crippen LogP contribution in [0.4, 0.5) is 0 Å². The molecule has 0 saturated heterocycles. The van der Waals surface area contributed by atoms with Crippen LogP contribution in [0.5, 0.6) is 0 Å². The van der Waals surface area contributed by atoms with Gasteiger partial charge in [-0.25, -0.2) is 0 Å². The Morgan fingerprint density at radius 1 is 1.17 bits per heavy atom. The minimum atomic E-state index is 0.550. The van der Waals surface area contributed by atoms with Gasteiger partial charge in [-0.15, -0.1) is 0 Å². The van der Waals surface area contributed by atoms with Crippen molar-refractivity contribution in [1.29, 1.82) is 0 Å². The Kier molecular flexibility index (Phi) is 4.71. The zero-order valence-electron chi connectivity index (χ0n) is 12.8. The highest BCUT2D eigenvalue weighted by atomic mass is 15.1. The van der Waals surface area contributed by atoms with Crippen LogP contribution in [0, 0.1) is 11.3 Å². The zero-order valence-corrected chi connectivity index (χ0v) is 12.8. The maximum absolute atomic E-state index is 3.80. The molecular formula is C16H32N2. The topological polar surface area (TPSA) is 15.3 Å². The van der Waals surface area contributed by atoms with Crippen LogP contribution < -0.4 is 5.32 Å². The molecule has 2 nitrogen and oxygen atoms in total. The number of likely N-dealkylation sites (N-methyl/N-ethyl adjacent to an activating group) is 1. The van der Waals surface area contributed by atoms with E-state index in [1.54, 1.807) is 0 Å². The van der Waals surface area contributed by atoms with E-state index in [2.05, 4.69) is 38.0 Å². The summed E-state index contributed by atoms with van der Waals surface area (Å²) in [6, 6.07) is 1.61. The Morgan fingerprint density at radius 3 is 2.39 bits per heavy atom. The molecule has 0 aromatic rings. The number of nitrogens with zero attached hydrogens (tertiary/aromatic N) is 1. The lowest BCUT2D eigenvalue weighted by Crippen LogP contribution is -2.40. The van der Waals surface area contributed by atoms with Crippen molar-refractivity contribution >= 4 is 0 Å². The second-order valence-electron chi connectivity index (χ2n) is 7.53. The summed E-state index contributed by atoms with van der Waals surface area (Å²) in [4.78, 5) is 2.57. The fourth-order valence-corrected chi connectivity index (χ4v) is 4.12. The van der Waals surface area contributed by atoms with Crippen molar-refractivity contribution in [3.05, 3.63) is 0 Å². The third-order valence-electron chi connectivity index (χ3n) is 5.15. The number of rotatable bonds is 5. The highest BCUT2D eigenvalue weighted by Gasteiger charge is 2.36. The van der Waals surface area contributed by atoms with Gasteiger partial charge < -0.3 is 10.2 Å². The molecule has 0 spiro atoms. The van der Waals surface area contributed by atoms with Gasteiger partial charge in [-0.2, -0.15) is 0 Å². The summed E-state index contributed by atoms with van der Waals surface area (Å²) >= 11 is 0. The molecule has 0 aromatic carbocycles. The molecule has 2 rings (SSSR count). The van der Waals surface area contributed by atoms with Crippen LogP contribution in [-0.4, -0.2) is 37.1 Å². The maximum atomic E-state index is 3.80. The number of hydrogen-bond donors (Lipinski definition) is 1. The summed E-state index contributed by atoms with van der Waals surface area (Å²) in [5.74, 6) is 0.844. The molecule has 18 heavy (non-hydrogen) atoms. The molecule has 2 heteroatoms. The van der Waals surface area contributed by atoms with E-state index in [1.165, 1.54) is 45.1 Å². The first-order valence-electron chi connectivity index (χ1n) is 7.91. The summed E-state index contributed by atoms with van der Waals surface area (Å²) < 4.78 is 0. The molecule has 2 aliphatic carbocycles. The molecule has 2 unspecified atom stereocenters. The smallest absolute Gasteiger partial charge is 0.0107 e. The van der Waals surface area contributed by atoms with E-state index in [4.69, 9.17) is 0 Å². The van der Waals surface area contributed by atoms with Gasteiger partial charge in [-0.1, -0.05) is 33.6 Å². The molecule has 0 heterocycles. The number of hydrogen-bond acceptors (Lipinski definition) is 2. The van der Waals surface area contributed by atoms with Crippen molar-refractivity contribution in [2.24, 2.45) is 11.3 Å². The van der Waals surface area contributed by atoms with Gasteiger partial charge in [0.2, 0.25) is 0 Å². The largest absolute Gasteiger partial charge is 0.312 e. The molecule has 0 aliphatic heterocycles. The number of nitrogens with one attached hydrogen (secondary N) is 1. The predicted molar refractivity (Wildman–Crippen MR) is 78.9 cm³/mol. The quantitative estimate of drug-likeness (QED) is 0.808. The van der Waals surface area contributed by atoms with Crippen LogP contribution in [0.25, 0.3) is 0 Å². The van der Waals surface area contributed by atoms with E-state index < -0.39 is 0 Å². The predicted octanol–water partition coefficient (Wildman–Crippen LogP) is 3.28. The molecule has 1 N–H and O–H groups in total. The first-order valence-corrected chi connectivity index (χ1v) is 7.91. The second kappa shape index (κ2) is 5.92. The van der Waals surface area contributed by atoms with Crippen LogP contribution in [0.1, 0.15) is 59.3 Å². The van der Waals surface area contributed by atoms with Crippen LogP contribution in [0.15, 0.2) is 0 Å². The lowest BCUT2D eigenvalue weighted by Gasteiger charge is -2.26. The fourth-order valence-electron chi connectivity index (χ4n) is 4.12. The average Bonchev–Trinajstić information content (AvgIpc) is 2.86. The summed E-state index contributed by atoms with van der Waals surface area (Å²) in [6.07, 6.45) is 8.45. The third-order valence-corrected chi connectivity index (χ3v) is 5.15. The molecule has 0 aromatic heterocycles. The van der Waals surface area contributed by atoms with Crippen molar-refractivity contribution < 1.29 is 0 Å². The van der Waals surface area contributed by atoms with Crippen molar-refractivity contribution in [3.8, 4) is 0 Å². The third kappa shape index (κ3) is 3.71. The Morgan fingerprint density at radius 2 is 1.83 bits per heavy atom. The normalized spacial score (nSPS) is 32.5. The Balaban J connectivity index is 1.66. The van der Waals surface area contributed by atoms with Crippen LogP contribution in [-0.2, 0) is 0 Å². The van der Waals surface area contributed by atoms with E-state index in [9.17, 15) is 0 Å². The van der Waals surface area contributed by atoms with E-state index in [1.807, 2.05) is 0 Å². The highest BCUT2D eigenvalue weighted by molar-refractivity contribution is 4.91. The molecular weight excluding hydrogens is 220 g/mol. The molecule has 0 amide bonds. The maximum Gasteiger partial charge on any atom is 0.0107 e. The van der Waals surface area contributed by atoms with Crippen molar-refractivity contribution in [2.75, 3.05) is 20.1 Å². The Bertz CT molecular complexity index is 256. The molecule has 2 atom stereocenters. The van der Waals surface area contributed by atoms with Crippen molar-refractivity contribution in [1.82, 2.24) is 10.2 Å². The molecule has 0 bridgehead atoms. The lowest BCUT2D eigenvalue weighted by atomic mass is 9.91. The molecule has 2 fully saturated rings. The van der Waals surface area contributed by atoms with E-state index in [0.29, 0.717) is 5.41 Å². The summed E-state index contributed by atoms with van der Waals surface area (Å²) in [6.45, 7) is 9.62. The first kappa shape index (κ1) is 14.3. The Labute approximate surface area is 114 Å². The van der Waals surface area contributed by atoms with Gasteiger partial charge >= 0.3 is 0 Å². The van der Waals surface area contributed by atoms with E-state index >= 15 is 0 Å². The molecule has 2 aliphatic rings. The van der Waals surface area contributed by atoms with Crippen LogP contribution in [0.2, 0.25) is 0 Å². The summed E-state index contributed by atoms with van der Waals surface area (Å²) in [7, 11) is 2.31. The van der Waals surface area contributed by atoms with Crippen LogP contribution in [0.3, 0.4) is 0 Å². The standard InChI is InChI=1S/C16H32N2/c1-13-11-16(2,3)12-15(13)17-9-10-18(4)14-7-5-6-8-14/h13-15,17H,5-12H2,1-4H3. The SMILES string of the molecule is CC1CC(C)(C)CC1NCCN(C)C1CCCC1. The Hall–Kier alpha value is -0.0800. The fraction of sp³-hybridized carbons (Fsp3) is 1.00. The van der Waals surface area contributed by atoms with E-state index in [-0.39, 0.29) is 0 Å². The monoisotopic (exact) mass is 252 g/mol. The van der Waals surface area contributed by atoms with Crippen molar-refractivity contribution in [3.63, 3.8) is 0 Å². The van der Waals surface area contributed by atoms with Gasteiger partial charge in [-0.3, -0.25) is 0 Å². The zero-order chi connectivity index (χ0) is 13.2. The minimum Gasteiger partial charge on any atom is -0.312 e.